The second kappa shape index (κ2) is 21.7. The van der Waals surface area contributed by atoms with Gasteiger partial charge in [-0.2, -0.15) is 0 Å². The predicted octanol–water partition coefficient (Wildman–Crippen LogP) is 4.59. The van der Waals surface area contributed by atoms with E-state index in [-0.39, 0.29) is 29.7 Å². The van der Waals surface area contributed by atoms with Crippen LogP contribution in [0.25, 0.3) is 0 Å². The van der Waals surface area contributed by atoms with Gasteiger partial charge in [-0.3, -0.25) is 24.5 Å². The average Bonchev–Trinajstić information content (AvgIpc) is 2.98. The Bertz CT molecular complexity index is 1050. The van der Waals surface area contributed by atoms with E-state index < -0.39 is 11.9 Å². The van der Waals surface area contributed by atoms with Crippen LogP contribution in [-0.4, -0.2) is 76.4 Å². The van der Waals surface area contributed by atoms with Crippen LogP contribution >= 0.6 is 23.5 Å². The van der Waals surface area contributed by atoms with Crippen LogP contribution < -0.4 is 16.1 Å². The number of nitrogens with zero attached hydrogens (tertiary/aromatic N) is 1. The molecule has 0 saturated heterocycles. The molecule has 2 aromatic rings. The predicted molar refractivity (Wildman–Crippen MR) is 169 cm³/mol. The highest BCUT2D eigenvalue weighted by Crippen LogP contribution is 2.22. The molecule has 0 aliphatic heterocycles. The van der Waals surface area contributed by atoms with Crippen molar-refractivity contribution in [2.24, 2.45) is 5.92 Å². The first-order chi connectivity index (χ1) is 20.0. The molecule has 0 aliphatic rings. The lowest BCUT2D eigenvalue weighted by atomic mass is 10.1. The fourth-order valence-corrected chi connectivity index (χ4v) is 5.19. The van der Waals surface area contributed by atoms with Crippen molar-refractivity contribution in [2.45, 2.75) is 68.2 Å². The minimum absolute atomic E-state index is 0.0512. The summed E-state index contributed by atoms with van der Waals surface area (Å²) in [5, 5.41) is 32.1. The number of phenols is 2. The highest BCUT2D eigenvalue weighted by molar-refractivity contribution is 7.99. The second-order valence-electron chi connectivity index (χ2n) is 10.1. The highest BCUT2D eigenvalue weighted by Gasteiger charge is 2.19. The van der Waals surface area contributed by atoms with Gasteiger partial charge < -0.3 is 20.8 Å². The Morgan fingerprint density at radius 2 is 1.40 bits per heavy atom. The maximum atomic E-state index is 12.0. The van der Waals surface area contributed by atoms with Gasteiger partial charge in [0.2, 0.25) is 17.7 Å². The van der Waals surface area contributed by atoms with Gasteiger partial charge in [0.15, 0.2) is 0 Å². The van der Waals surface area contributed by atoms with E-state index in [0.29, 0.717) is 24.5 Å². The molecule has 0 heterocycles. The first-order valence-corrected chi connectivity index (χ1v) is 16.0. The number of aromatic hydroxyl groups is 2. The summed E-state index contributed by atoms with van der Waals surface area (Å²) < 4.78 is 0. The molecule has 0 saturated carbocycles. The smallest absolute Gasteiger partial charge is 0.244 e. The Morgan fingerprint density at radius 3 is 1.93 bits per heavy atom. The Kier molecular flexibility index (Phi) is 19.2. The lowest BCUT2D eigenvalue weighted by Gasteiger charge is -2.19. The van der Waals surface area contributed by atoms with Gasteiger partial charge in [-0.25, -0.2) is 5.48 Å². The zero-order valence-corrected chi connectivity index (χ0v) is 26.6. The quantitative estimate of drug-likeness (QED) is 0.0489. The van der Waals surface area contributed by atoms with Crippen LogP contribution in [0.2, 0.25) is 0 Å². The summed E-state index contributed by atoms with van der Waals surface area (Å²) in [7, 11) is 3.67. The van der Waals surface area contributed by atoms with Crippen molar-refractivity contribution in [3.63, 3.8) is 0 Å². The summed E-state index contributed by atoms with van der Waals surface area (Å²) in [5.41, 5.74) is 1.57. The highest BCUT2D eigenvalue weighted by atomic mass is 32.2. The number of rotatable bonds is 17. The van der Waals surface area contributed by atoms with Crippen molar-refractivity contribution in [1.82, 2.24) is 21.0 Å². The van der Waals surface area contributed by atoms with E-state index in [1.807, 2.05) is 12.1 Å². The number of benzene rings is 2. The Hall–Kier alpha value is -2.93. The number of carbonyl (C=O) groups excluding carboxylic acids is 3. The molecule has 42 heavy (non-hydrogen) atoms. The van der Waals surface area contributed by atoms with Crippen molar-refractivity contribution >= 4 is 41.2 Å². The van der Waals surface area contributed by atoms with Gasteiger partial charge in [0, 0.05) is 41.3 Å². The summed E-state index contributed by atoms with van der Waals surface area (Å²) >= 11 is 3.21. The van der Waals surface area contributed by atoms with Crippen LogP contribution in [0.4, 0.5) is 0 Å². The van der Waals surface area contributed by atoms with E-state index in [4.69, 9.17) is 10.3 Å². The van der Waals surface area contributed by atoms with Crippen molar-refractivity contribution in [3.8, 4) is 11.5 Å². The lowest BCUT2D eigenvalue weighted by Crippen LogP contribution is -2.45. The van der Waals surface area contributed by atoms with Crippen molar-refractivity contribution in [3.05, 3.63) is 48.5 Å². The first kappa shape index (κ1) is 37.1. The number of hydroxylamine groups is 1. The minimum atomic E-state index is -0.457. The number of thioether (sulfide) groups is 2. The number of hydrogen-bond acceptors (Lipinski definition) is 9. The molecule has 3 amide bonds. The molecule has 2 aromatic carbocycles. The molecule has 0 aromatic heterocycles. The molecule has 0 fully saturated rings. The number of phenolic OH excluding ortho intramolecular Hbond substituents is 2. The largest absolute Gasteiger partial charge is 0.508 e. The molecule has 2 rings (SSSR count). The Labute approximate surface area is 258 Å². The van der Waals surface area contributed by atoms with Crippen LogP contribution in [-0.2, 0) is 14.4 Å². The number of amides is 3. The van der Waals surface area contributed by atoms with E-state index >= 15 is 0 Å². The Morgan fingerprint density at radius 1 is 0.833 bits per heavy atom. The van der Waals surface area contributed by atoms with Crippen LogP contribution in [0.1, 0.15) is 52.4 Å². The van der Waals surface area contributed by atoms with E-state index in [1.165, 1.54) is 11.8 Å². The minimum Gasteiger partial charge on any atom is -0.508 e. The van der Waals surface area contributed by atoms with Gasteiger partial charge in [-0.05, 0) is 93.7 Å². The molecule has 234 valence electrons. The zero-order chi connectivity index (χ0) is 31.3. The second-order valence-corrected chi connectivity index (χ2v) is 12.3. The summed E-state index contributed by atoms with van der Waals surface area (Å²) in [6, 6.07) is 13.5. The molecule has 0 aliphatic carbocycles. The molecule has 0 bridgehead atoms. The standard InChI is InChI=1S/C21H35N3O3S.C9H11NO3S/c1-16(2)8-13-20(26)23-19(21(27)22-3)7-5-6-14-24(4)15-28-18-11-9-17(25)10-12-18;11-7-1-3-8(4-2-7)14-6-5-9(12)10-13/h9-12,16,19,25H,5-8,13-15H2,1-4H3,(H,22,27)(H,23,26);1-4,11,13H,5-6H2,(H,10,12). The molecule has 6 N–H and O–H groups in total. The SMILES string of the molecule is CNC(=O)C(CCCCN(C)CSc1ccc(O)cc1)NC(=O)CCC(C)C.O=C(CCSc1ccc(O)cc1)NO. The molecule has 1 unspecified atom stereocenters. The first-order valence-electron chi connectivity index (χ1n) is 14.0. The third kappa shape index (κ3) is 17.8. The van der Waals surface area contributed by atoms with Crippen LogP contribution in [0.5, 0.6) is 11.5 Å². The summed E-state index contributed by atoms with van der Waals surface area (Å²) in [4.78, 5) is 39.1. The fraction of sp³-hybridized carbons (Fsp3) is 0.500. The van der Waals surface area contributed by atoms with Gasteiger partial charge in [0.05, 0.1) is 0 Å². The number of carbonyl (C=O) groups is 3. The van der Waals surface area contributed by atoms with E-state index in [1.54, 1.807) is 60.7 Å². The van der Waals surface area contributed by atoms with E-state index in [0.717, 1.165) is 41.5 Å². The molecule has 0 spiro atoms. The van der Waals surface area contributed by atoms with E-state index in [2.05, 4.69) is 36.4 Å². The topological polar surface area (TPSA) is 151 Å². The number of unbranched alkanes of at least 4 members (excludes halogenated alkanes) is 1. The van der Waals surface area contributed by atoms with Crippen LogP contribution in [0.3, 0.4) is 0 Å². The van der Waals surface area contributed by atoms with Gasteiger partial charge in [-0.15, -0.1) is 23.5 Å². The Balaban J connectivity index is 0.000000525. The number of likely N-dealkylation sites (N-methyl/N-ethyl adjacent to an activating group) is 1. The van der Waals surface area contributed by atoms with Crippen molar-refractivity contribution < 1.29 is 29.8 Å². The van der Waals surface area contributed by atoms with Gasteiger partial charge >= 0.3 is 0 Å². The van der Waals surface area contributed by atoms with Crippen LogP contribution in [0.15, 0.2) is 58.3 Å². The number of nitrogens with one attached hydrogen (secondary N) is 3. The molecule has 12 heteroatoms. The van der Waals surface area contributed by atoms with E-state index in [9.17, 15) is 19.5 Å². The zero-order valence-electron chi connectivity index (χ0n) is 25.0. The third-order valence-electron chi connectivity index (χ3n) is 5.98. The van der Waals surface area contributed by atoms with Gasteiger partial charge in [0.1, 0.15) is 17.5 Å². The monoisotopic (exact) mass is 622 g/mol. The number of hydrogen-bond donors (Lipinski definition) is 6. The third-order valence-corrected chi connectivity index (χ3v) is 8.17. The van der Waals surface area contributed by atoms with Gasteiger partial charge in [0.25, 0.3) is 0 Å². The molecular weight excluding hydrogens is 576 g/mol. The van der Waals surface area contributed by atoms with Crippen LogP contribution in [0, 0.1) is 5.92 Å². The maximum Gasteiger partial charge on any atom is 0.244 e. The fourth-order valence-electron chi connectivity index (χ4n) is 3.51. The normalized spacial score (nSPS) is 11.4. The summed E-state index contributed by atoms with van der Waals surface area (Å²) in [6.45, 7) is 5.09. The lowest BCUT2D eigenvalue weighted by molar-refractivity contribution is -0.129. The maximum absolute atomic E-state index is 12.0. The molecule has 0 radical (unpaired) electrons. The van der Waals surface area contributed by atoms with Crippen molar-refractivity contribution in [1.29, 1.82) is 0 Å². The summed E-state index contributed by atoms with van der Waals surface area (Å²) in [5.74, 6) is 1.85. The molecule has 10 nitrogen and oxygen atoms in total. The van der Waals surface area contributed by atoms with Gasteiger partial charge in [-0.1, -0.05) is 13.8 Å². The summed E-state index contributed by atoms with van der Waals surface area (Å²) in [6.07, 6.45) is 4.03. The molecule has 1 atom stereocenters. The molecular formula is C30H46N4O6S2. The van der Waals surface area contributed by atoms with Crippen molar-refractivity contribution in [2.75, 3.05) is 32.3 Å². The average molecular weight is 623 g/mol.